The van der Waals surface area contributed by atoms with E-state index in [1.54, 1.807) is 0 Å². The summed E-state index contributed by atoms with van der Waals surface area (Å²) >= 11 is 3.27. The lowest BCUT2D eigenvalue weighted by molar-refractivity contribution is -0.440. The highest BCUT2D eigenvalue weighted by Crippen LogP contribution is 2.60. The van der Waals surface area contributed by atoms with Crippen molar-refractivity contribution in [3.05, 3.63) is 34.3 Å². The topological polar surface area (TPSA) is 0 Å². The number of benzene rings is 1. The maximum Gasteiger partial charge on any atom is 0.460 e. The van der Waals surface area contributed by atoms with E-state index in [1.165, 1.54) is 0 Å². The molecule has 1 aromatic carbocycles. The first-order valence-corrected chi connectivity index (χ1v) is 10.7. The van der Waals surface area contributed by atoms with Gasteiger partial charge in [-0.25, -0.2) is 0 Å². The number of alkyl halides is 13. The van der Waals surface area contributed by atoms with E-state index in [2.05, 4.69) is 15.9 Å². The van der Waals surface area contributed by atoms with Crippen LogP contribution >= 0.6 is 15.9 Å². The fourth-order valence-electron chi connectivity index (χ4n) is 2.99. The SMILES string of the molecule is FC(F)(F)C(F)(F)C(F)(F)C(F)(F)C(F)(F)C(F)(F)CCCCCCCCc1ccc(Br)cc1. The quantitative estimate of drug-likeness (QED) is 0.159. The predicted octanol–water partition coefficient (Wildman–Crippen LogP) is 9.46. The van der Waals surface area contributed by atoms with Crippen molar-refractivity contribution in [3.8, 4) is 0 Å². The van der Waals surface area contributed by atoms with Gasteiger partial charge in [0.2, 0.25) is 0 Å². The summed E-state index contributed by atoms with van der Waals surface area (Å²) in [7, 11) is 0. The predicted molar refractivity (Wildman–Crippen MR) is 101 cm³/mol. The minimum Gasteiger partial charge on any atom is -0.200 e. The zero-order valence-corrected chi connectivity index (χ0v) is 18.8. The third kappa shape index (κ3) is 6.31. The van der Waals surface area contributed by atoms with Crippen molar-refractivity contribution in [2.45, 2.75) is 87.2 Å². The van der Waals surface area contributed by atoms with Gasteiger partial charge < -0.3 is 0 Å². The number of hydrogen-bond acceptors (Lipinski definition) is 0. The zero-order valence-electron chi connectivity index (χ0n) is 17.3. The van der Waals surface area contributed by atoms with Crippen LogP contribution in [0.2, 0.25) is 0 Å². The first kappa shape index (κ1) is 30.8. The Morgan fingerprint density at radius 1 is 0.500 bits per heavy atom. The van der Waals surface area contributed by atoms with Gasteiger partial charge in [-0.05, 0) is 37.0 Å². The van der Waals surface area contributed by atoms with Crippen molar-refractivity contribution >= 4 is 15.9 Å². The van der Waals surface area contributed by atoms with E-state index in [-0.39, 0.29) is 12.8 Å². The fourth-order valence-corrected chi connectivity index (χ4v) is 3.26. The molecule has 0 unspecified atom stereocenters. The number of hydrogen-bond donors (Lipinski definition) is 0. The van der Waals surface area contributed by atoms with Crippen molar-refractivity contribution in [2.24, 2.45) is 0 Å². The normalized spacial score (nSPS) is 14.5. The van der Waals surface area contributed by atoms with Crippen LogP contribution in [0.4, 0.5) is 57.1 Å². The van der Waals surface area contributed by atoms with Gasteiger partial charge in [-0.15, -0.1) is 0 Å². The summed E-state index contributed by atoms with van der Waals surface area (Å²) < 4.78 is 170. The smallest absolute Gasteiger partial charge is 0.200 e. The molecule has 14 heteroatoms. The second-order valence-corrected chi connectivity index (χ2v) is 8.66. The van der Waals surface area contributed by atoms with E-state index in [4.69, 9.17) is 0 Å². The van der Waals surface area contributed by atoms with Gasteiger partial charge in [0.15, 0.2) is 0 Å². The summed E-state index contributed by atoms with van der Waals surface area (Å²) in [6.45, 7) is 0. The molecule has 1 aromatic rings. The number of halogens is 14. The average Bonchev–Trinajstić information content (AvgIpc) is 2.69. The molecule has 0 saturated heterocycles. The third-order valence-corrected chi connectivity index (χ3v) is 5.65. The number of aryl methyl sites for hydroxylation is 1. The van der Waals surface area contributed by atoms with Crippen LogP contribution in [0.1, 0.15) is 50.5 Å². The number of unbranched alkanes of at least 4 members (excludes halogenated alkanes) is 5. The van der Waals surface area contributed by atoms with Gasteiger partial charge in [0.1, 0.15) is 0 Å². The molecule has 0 atom stereocenters. The van der Waals surface area contributed by atoms with Gasteiger partial charge in [-0.1, -0.05) is 53.7 Å². The first-order chi connectivity index (χ1) is 15.2. The van der Waals surface area contributed by atoms with Crippen LogP contribution in [0.3, 0.4) is 0 Å². The maximum absolute atomic E-state index is 13.7. The Labute approximate surface area is 195 Å². The van der Waals surface area contributed by atoms with Gasteiger partial charge in [0, 0.05) is 10.9 Å². The summed E-state index contributed by atoms with van der Waals surface area (Å²) in [6, 6.07) is 7.40. The Balaban J connectivity index is 2.61. The van der Waals surface area contributed by atoms with E-state index in [0.29, 0.717) is 25.7 Å². The molecule has 0 fully saturated rings. The Morgan fingerprint density at radius 3 is 1.38 bits per heavy atom. The summed E-state index contributed by atoms with van der Waals surface area (Å²) in [6.07, 6.45) is -7.92. The molecule has 0 heterocycles. The largest absolute Gasteiger partial charge is 0.460 e. The molecule has 198 valence electrons. The Hall–Kier alpha value is -1.21. The highest BCUT2D eigenvalue weighted by Gasteiger charge is 2.90. The standard InChI is InChI=1S/C20H20BrF13/c21-14-10-8-13(9-11-14)7-5-3-1-2-4-6-12-15(22,23)16(24,25)17(26,27)18(28,29)19(30,31)20(32,33)34/h8-11H,1-7,12H2. The van der Waals surface area contributed by atoms with Crippen molar-refractivity contribution < 1.29 is 57.1 Å². The second kappa shape index (κ2) is 10.8. The van der Waals surface area contributed by atoms with Crippen LogP contribution in [0.25, 0.3) is 0 Å². The molecule has 0 radical (unpaired) electrons. The molecular weight excluding hydrogens is 567 g/mol. The highest BCUT2D eigenvalue weighted by atomic mass is 79.9. The molecule has 0 aliphatic heterocycles. The van der Waals surface area contributed by atoms with Gasteiger partial charge in [0.05, 0.1) is 0 Å². The van der Waals surface area contributed by atoms with Crippen LogP contribution in [-0.4, -0.2) is 35.8 Å². The molecular formula is C20H20BrF13. The van der Waals surface area contributed by atoms with Crippen molar-refractivity contribution in [1.82, 2.24) is 0 Å². The van der Waals surface area contributed by atoms with Crippen molar-refractivity contribution in [1.29, 1.82) is 0 Å². The summed E-state index contributed by atoms with van der Waals surface area (Å²) in [4.78, 5) is 0. The average molecular weight is 587 g/mol. The minimum atomic E-state index is -7.83. The lowest BCUT2D eigenvalue weighted by Gasteiger charge is -2.39. The monoisotopic (exact) mass is 586 g/mol. The molecule has 0 aliphatic carbocycles. The molecule has 34 heavy (non-hydrogen) atoms. The molecule has 0 saturated carbocycles. The van der Waals surface area contributed by atoms with Crippen molar-refractivity contribution in [2.75, 3.05) is 0 Å². The third-order valence-electron chi connectivity index (χ3n) is 5.12. The van der Waals surface area contributed by atoms with Gasteiger partial charge in [-0.2, -0.15) is 57.1 Å². The van der Waals surface area contributed by atoms with Crippen molar-refractivity contribution in [3.63, 3.8) is 0 Å². The Morgan fingerprint density at radius 2 is 0.912 bits per heavy atom. The highest BCUT2D eigenvalue weighted by molar-refractivity contribution is 9.10. The molecule has 1 rings (SSSR count). The molecule has 0 amide bonds. The summed E-state index contributed by atoms with van der Waals surface area (Å²) in [5, 5.41) is 0. The Bertz CT molecular complexity index is 770. The van der Waals surface area contributed by atoms with Crippen LogP contribution in [0.15, 0.2) is 28.7 Å². The molecule has 0 aliphatic rings. The van der Waals surface area contributed by atoms with E-state index in [0.717, 1.165) is 10.0 Å². The fraction of sp³-hybridized carbons (Fsp3) is 0.700. The minimum absolute atomic E-state index is 0.195. The number of rotatable bonds is 13. The van der Waals surface area contributed by atoms with Crippen LogP contribution in [0.5, 0.6) is 0 Å². The van der Waals surface area contributed by atoms with E-state index in [9.17, 15) is 57.1 Å². The summed E-state index contributed by atoms with van der Waals surface area (Å²) in [5.74, 6) is -36.4. The first-order valence-electron chi connectivity index (χ1n) is 9.92. The van der Waals surface area contributed by atoms with Crippen LogP contribution in [-0.2, 0) is 6.42 Å². The molecule has 0 spiro atoms. The maximum atomic E-state index is 13.7. The van der Waals surface area contributed by atoms with Gasteiger partial charge in [0.25, 0.3) is 0 Å². The second-order valence-electron chi connectivity index (χ2n) is 7.75. The Kier molecular flexibility index (Phi) is 9.80. The molecule has 0 aromatic heterocycles. The van der Waals surface area contributed by atoms with Crippen LogP contribution < -0.4 is 0 Å². The molecule has 0 nitrogen and oxygen atoms in total. The lowest BCUT2D eigenvalue weighted by atomic mass is 9.91. The van der Waals surface area contributed by atoms with Gasteiger partial charge >= 0.3 is 35.8 Å². The van der Waals surface area contributed by atoms with Gasteiger partial charge in [-0.3, -0.25) is 0 Å². The van der Waals surface area contributed by atoms with Crippen LogP contribution in [0, 0.1) is 0 Å². The zero-order chi connectivity index (χ0) is 26.6. The summed E-state index contributed by atoms with van der Waals surface area (Å²) in [5.41, 5.74) is 1.03. The van der Waals surface area contributed by atoms with E-state index >= 15 is 0 Å². The molecule has 0 N–H and O–H groups in total. The van der Waals surface area contributed by atoms with E-state index < -0.39 is 48.6 Å². The lowest BCUT2D eigenvalue weighted by Crippen LogP contribution is -2.70. The molecule has 0 bridgehead atoms. The van der Waals surface area contributed by atoms with E-state index in [1.807, 2.05) is 24.3 Å².